The Morgan fingerprint density at radius 2 is 1.35 bits per heavy atom. The number of nitrogens with zero attached hydrogens (tertiary/aromatic N) is 2. The number of para-hydroxylation sites is 1. The van der Waals surface area contributed by atoms with Gasteiger partial charge in [-0.1, -0.05) is 78.9 Å². The summed E-state index contributed by atoms with van der Waals surface area (Å²) in [5.74, 6) is -1.79. The number of hydrogen-bond acceptors (Lipinski definition) is 4. The molecule has 0 aliphatic rings. The molecule has 7 heteroatoms. The van der Waals surface area contributed by atoms with Gasteiger partial charge in [-0.05, 0) is 30.2 Å². The van der Waals surface area contributed by atoms with E-state index in [0.29, 0.717) is 11.4 Å². The lowest BCUT2D eigenvalue weighted by atomic mass is 9.91. The highest BCUT2D eigenvalue weighted by Crippen LogP contribution is 2.26. The number of benzene rings is 3. The van der Waals surface area contributed by atoms with E-state index in [0.717, 1.165) is 11.1 Å². The summed E-state index contributed by atoms with van der Waals surface area (Å²) in [6.07, 6.45) is 0. The molecule has 0 saturated carbocycles. The molecule has 0 aliphatic carbocycles. The van der Waals surface area contributed by atoms with E-state index in [-0.39, 0.29) is 11.2 Å². The Hall–Kier alpha value is -4.39. The van der Waals surface area contributed by atoms with E-state index in [1.165, 1.54) is 4.68 Å². The largest absolute Gasteiger partial charge is 0.455 e. The maximum Gasteiger partial charge on any atom is 0.318 e. The molecular formula is C27H25N3O4. The van der Waals surface area contributed by atoms with E-state index in [1.807, 2.05) is 91.0 Å². The number of rotatable bonds is 7. The highest BCUT2D eigenvalue weighted by atomic mass is 16.5. The van der Waals surface area contributed by atoms with E-state index < -0.39 is 24.4 Å². The first-order valence-corrected chi connectivity index (χ1v) is 10.9. The van der Waals surface area contributed by atoms with Crippen LogP contribution in [0.4, 0.5) is 5.69 Å². The Bertz CT molecular complexity index is 1300. The molecule has 172 valence electrons. The van der Waals surface area contributed by atoms with Crippen molar-refractivity contribution in [1.82, 2.24) is 9.36 Å². The minimum atomic E-state index is -0.663. The van der Waals surface area contributed by atoms with Gasteiger partial charge in [-0.2, -0.15) is 0 Å². The number of hydrogen-bond donors (Lipinski definition) is 1. The third-order valence-corrected chi connectivity index (χ3v) is 5.67. The molecule has 0 saturated heterocycles. The van der Waals surface area contributed by atoms with E-state index in [9.17, 15) is 14.4 Å². The van der Waals surface area contributed by atoms with Crippen LogP contribution in [0.5, 0.6) is 0 Å². The summed E-state index contributed by atoms with van der Waals surface area (Å²) < 4.78 is 8.52. The summed E-state index contributed by atoms with van der Waals surface area (Å²) in [6, 6.07) is 27.7. The number of carbonyl (C=O) groups excluding carboxylic acids is 2. The molecule has 0 unspecified atom stereocenters. The van der Waals surface area contributed by atoms with Gasteiger partial charge in [-0.15, -0.1) is 0 Å². The van der Waals surface area contributed by atoms with Crippen LogP contribution in [-0.4, -0.2) is 27.8 Å². The van der Waals surface area contributed by atoms with Crippen molar-refractivity contribution in [3.05, 3.63) is 118 Å². The van der Waals surface area contributed by atoms with Crippen molar-refractivity contribution in [3.63, 3.8) is 0 Å². The number of anilines is 1. The van der Waals surface area contributed by atoms with Gasteiger partial charge in [0.2, 0.25) is 0 Å². The predicted octanol–water partition coefficient (Wildman–Crippen LogP) is 3.80. The molecule has 0 fully saturated rings. The number of nitrogens with one attached hydrogen (secondary N) is 1. The Labute approximate surface area is 197 Å². The Balaban J connectivity index is 1.50. The molecule has 1 heterocycles. The normalized spacial score (nSPS) is 10.8. The molecular weight excluding hydrogens is 430 g/mol. The standard InChI is InChI=1S/C27H25N3O4/c1-19-25(26(32)30(29(19)2)22-16-10-5-11-17-22)28-23(31)18-34-27(33)24(20-12-6-3-7-13-20)21-14-8-4-9-15-21/h3-17,24H,18H2,1-2H3,(H,28,31). The molecule has 7 nitrogen and oxygen atoms in total. The first-order valence-electron chi connectivity index (χ1n) is 10.9. The van der Waals surface area contributed by atoms with E-state index >= 15 is 0 Å². The van der Waals surface area contributed by atoms with Crippen LogP contribution in [0.1, 0.15) is 22.7 Å². The molecule has 1 N–H and O–H groups in total. The zero-order chi connectivity index (χ0) is 24.1. The minimum absolute atomic E-state index is 0.148. The van der Waals surface area contributed by atoms with Crippen LogP contribution in [0, 0.1) is 6.92 Å². The molecule has 0 atom stereocenters. The molecule has 0 aliphatic heterocycles. The molecule has 1 aromatic heterocycles. The van der Waals surface area contributed by atoms with Gasteiger partial charge in [0.1, 0.15) is 11.6 Å². The summed E-state index contributed by atoms with van der Waals surface area (Å²) in [5.41, 5.74) is 2.58. The van der Waals surface area contributed by atoms with Gasteiger partial charge in [-0.25, -0.2) is 4.68 Å². The Kier molecular flexibility index (Phi) is 6.73. The van der Waals surface area contributed by atoms with E-state index in [1.54, 1.807) is 18.7 Å². The van der Waals surface area contributed by atoms with Crippen LogP contribution >= 0.6 is 0 Å². The maximum atomic E-state index is 13.0. The van der Waals surface area contributed by atoms with Gasteiger partial charge in [0.15, 0.2) is 6.61 Å². The maximum absolute atomic E-state index is 13.0. The second kappa shape index (κ2) is 10.0. The van der Waals surface area contributed by atoms with Crippen molar-refractivity contribution in [2.45, 2.75) is 12.8 Å². The third-order valence-electron chi connectivity index (χ3n) is 5.67. The van der Waals surface area contributed by atoms with Crippen molar-refractivity contribution >= 4 is 17.6 Å². The van der Waals surface area contributed by atoms with Crippen molar-refractivity contribution in [1.29, 1.82) is 0 Å². The van der Waals surface area contributed by atoms with Crippen LogP contribution < -0.4 is 10.9 Å². The van der Waals surface area contributed by atoms with Gasteiger partial charge in [0, 0.05) is 7.05 Å². The Morgan fingerprint density at radius 3 is 1.88 bits per heavy atom. The summed E-state index contributed by atoms with van der Waals surface area (Å²) in [5, 5.41) is 2.61. The summed E-state index contributed by atoms with van der Waals surface area (Å²) in [6.45, 7) is 1.23. The predicted molar refractivity (Wildman–Crippen MR) is 130 cm³/mol. The zero-order valence-corrected chi connectivity index (χ0v) is 19.0. The Morgan fingerprint density at radius 1 is 0.853 bits per heavy atom. The van der Waals surface area contributed by atoms with Gasteiger partial charge in [-0.3, -0.25) is 19.1 Å². The lowest BCUT2D eigenvalue weighted by Gasteiger charge is -2.17. The summed E-state index contributed by atoms with van der Waals surface area (Å²) in [4.78, 5) is 38.6. The fraction of sp³-hybridized carbons (Fsp3) is 0.148. The molecule has 34 heavy (non-hydrogen) atoms. The highest BCUT2D eigenvalue weighted by molar-refractivity contribution is 5.94. The highest BCUT2D eigenvalue weighted by Gasteiger charge is 2.25. The van der Waals surface area contributed by atoms with Crippen LogP contribution in [0.2, 0.25) is 0 Å². The minimum Gasteiger partial charge on any atom is -0.455 e. The molecule has 0 bridgehead atoms. The molecule has 0 spiro atoms. The number of carbonyl (C=O) groups is 2. The molecule has 0 radical (unpaired) electrons. The van der Waals surface area contributed by atoms with Crippen LogP contribution in [0.3, 0.4) is 0 Å². The molecule has 1 amide bonds. The van der Waals surface area contributed by atoms with Crippen molar-refractivity contribution < 1.29 is 14.3 Å². The quantitative estimate of drug-likeness (QED) is 0.430. The second-order valence-corrected chi connectivity index (χ2v) is 7.85. The lowest BCUT2D eigenvalue weighted by molar-refractivity contribution is -0.147. The van der Waals surface area contributed by atoms with Crippen molar-refractivity contribution in [2.75, 3.05) is 11.9 Å². The average molecular weight is 456 g/mol. The molecule has 3 aromatic carbocycles. The second-order valence-electron chi connectivity index (χ2n) is 7.85. The van der Waals surface area contributed by atoms with E-state index in [4.69, 9.17) is 4.74 Å². The first-order chi connectivity index (χ1) is 16.5. The van der Waals surface area contributed by atoms with Gasteiger partial charge in [0.25, 0.3) is 11.5 Å². The van der Waals surface area contributed by atoms with Crippen molar-refractivity contribution in [2.24, 2.45) is 7.05 Å². The molecule has 4 aromatic rings. The first kappa shape index (κ1) is 22.8. The zero-order valence-electron chi connectivity index (χ0n) is 19.0. The van der Waals surface area contributed by atoms with Crippen molar-refractivity contribution in [3.8, 4) is 5.69 Å². The van der Waals surface area contributed by atoms with Crippen LogP contribution in [0.15, 0.2) is 95.8 Å². The fourth-order valence-electron chi connectivity index (χ4n) is 3.86. The van der Waals surface area contributed by atoms with Crippen LogP contribution in [-0.2, 0) is 21.4 Å². The van der Waals surface area contributed by atoms with Gasteiger partial charge >= 0.3 is 5.97 Å². The third kappa shape index (κ3) is 4.68. The fourth-order valence-corrected chi connectivity index (χ4v) is 3.86. The van der Waals surface area contributed by atoms with Gasteiger partial charge < -0.3 is 10.1 Å². The topological polar surface area (TPSA) is 82.3 Å². The van der Waals surface area contributed by atoms with Gasteiger partial charge in [0.05, 0.1) is 11.4 Å². The van der Waals surface area contributed by atoms with E-state index in [2.05, 4.69) is 5.32 Å². The average Bonchev–Trinajstić information content (AvgIpc) is 3.07. The SMILES string of the molecule is Cc1c(NC(=O)COC(=O)C(c2ccccc2)c2ccccc2)c(=O)n(-c2ccccc2)n1C. The summed E-state index contributed by atoms with van der Waals surface area (Å²) >= 11 is 0. The number of esters is 1. The number of amides is 1. The molecule has 4 rings (SSSR count). The van der Waals surface area contributed by atoms with Crippen LogP contribution in [0.25, 0.3) is 5.69 Å². The summed E-state index contributed by atoms with van der Waals surface area (Å²) in [7, 11) is 1.74. The number of ether oxygens (including phenoxy) is 1. The monoisotopic (exact) mass is 455 g/mol. The lowest BCUT2D eigenvalue weighted by Crippen LogP contribution is -2.27. The number of aromatic nitrogens is 2. The smallest absolute Gasteiger partial charge is 0.318 e.